The summed E-state index contributed by atoms with van der Waals surface area (Å²) in [7, 11) is 0. The highest BCUT2D eigenvalue weighted by molar-refractivity contribution is 8.00. The van der Waals surface area contributed by atoms with Crippen LogP contribution in [0.5, 0.6) is 0 Å². The van der Waals surface area contributed by atoms with Gasteiger partial charge in [-0.15, -0.1) is 0 Å². The molecule has 1 N–H and O–H groups in total. The molecule has 0 aromatic heterocycles. The maximum atomic E-state index is 3.57. The monoisotopic (exact) mass is 229 g/mol. The van der Waals surface area contributed by atoms with Gasteiger partial charge in [0.1, 0.15) is 0 Å². The van der Waals surface area contributed by atoms with Crippen LogP contribution < -0.4 is 5.32 Å². The zero-order chi connectivity index (χ0) is 10.9. The van der Waals surface area contributed by atoms with Crippen molar-refractivity contribution in [2.75, 3.05) is 13.1 Å². The quantitative estimate of drug-likeness (QED) is 0.635. The Labute approximate surface area is 99.8 Å². The zero-order valence-corrected chi connectivity index (χ0v) is 11.2. The average Bonchev–Trinajstić information content (AvgIpc) is 2.70. The van der Waals surface area contributed by atoms with Gasteiger partial charge in [0.2, 0.25) is 0 Å². The summed E-state index contributed by atoms with van der Waals surface area (Å²) in [6, 6.07) is 0. The molecule has 1 aliphatic rings. The molecule has 0 aromatic carbocycles. The van der Waals surface area contributed by atoms with E-state index in [4.69, 9.17) is 0 Å². The highest BCUT2D eigenvalue weighted by Crippen LogP contribution is 2.31. The lowest BCUT2D eigenvalue weighted by Crippen LogP contribution is -2.25. The highest BCUT2D eigenvalue weighted by Gasteiger charge is 2.17. The van der Waals surface area contributed by atoms with E-state index in [2.05, 4.69) is 30.9 Å². The van der Waals surface area contributed by atoms with Gasteiger partial charge >= 0.3 is 0 Å². The molecular formula is C13H27NS. The minimum atomic E-state index is 0.801. The molecule has 0 aromatic rings. The summed E-state index contributed by atoms with van der Waals surface area (Å²) >= 11 is 2.21. The summed E-state index contributed by atoms with van der Waals surface area (Å²) in [4.78, 5) is 0. The van der Waals surface area contributed by atoms with E-state index >= 15 is 0 Å². The SMILES string of the molecule is CCCCCNCC(C)SC1CCCC1. The first-order chi connectivity index (χ1) is 7.33. The van der Waals surface area contributed by atoms with Crippen molar-refractivity contribution >= 4 is 11.8 Å². The molecule has 0 bridgehead atoms. The number of hydrogen-bond acceptors (Lipinski definition) is 2. The summed E-state index contributed by atoms with van der Waals surface area (Å²) < 4.78 is 0. The van der Waals surface area contributed by atoms with E-state index < -0.39 is 0 Å². The molecule has 1 saturated carbocycles. The summed E-state index contributed by atoms with van der Waals surface area (Å²) in [5, 5.41) is 5.34. The Morgan fingerprint density at radius 2 is 2.00 bits per heavy atom. The van der Waals surface area contributed by atoms with Crippen LogP contribution in [0.4, 0.5) is 0 Å². The van der Waals surface area contributed by atoms with Crippen LogP contribution in [0.3, 0.4) is 0 Å². The van der Waals surface area contributed by atoms with Gasteiger partial charge in [-0.1, -0.05) is 39.5 Å². The van der Waals surface area contributed by atoms with Crippen molar-refractivity contribution in [3.63, 3.8) is 0 Å². The van der Waals surface area contributed by atoms with Gasteiger partial charge in [-0.25, -0.2) is 0 Å². The predicted octanol–water partition coefficient (Wildman–Crippen LogP) is 3.83. The third kappa shape index (κ3) is 6.47. The van der Waals surface area contributed by atoms with Gasteiger partial charge in [0.25, 0.3) is 0 Å². The molecule has 2 heteroatoms. The van der Waals surface area contributed by atoms with Crippen LogP contribution in [0.2, 0.25) is 0 Å². The lowest BCUT2D eigenvalue weighted by Gasteiger charge is -2.16. The van der Waals surface area contributed by atoms with Gasteiger partial charge in [-0.2, -0.15) is 11.8 Å². The summed E-state index contributed by atoms with van der Waals surface area (Å²) in [6.45, 7) is 7.04. The van der Waals surface area contributed by atoms with Crippen LogP contribution >= 0.6 is 11.8 Å². The normalized spacial score (nSPS) is 19.6. The van der Waals surface area contributed by atoms with E-state index in [1.54, 1.807) is 0 Å². The number of thioether (sulfide) groups is 1. The standard InChI is InChI=1S/C13H27NS/c1-3-4-7-10-14-11-12(2)15-13-8-5-6-9-13/h12-14H,3-11H2,1-2H3. The Bertz CT molecular complexity index is 143. The fourth-order valence-electron chi connectivity index (χ4n) is 2.21. The average molecular weight is 229 g/mol. The highest BCUT2D eigenvalue weighted by atomic mass is 32.2. The molecule has 1 rings (SSSR count). The van der Waals surface area contributed by atoms with E-state index in [1.807, 2.05) is 0 Å². The molecule has 1 aliphatic carbocycles. The van der Waals surface area contributed by atoms with Crippen molar-refractivity contribution in [2.45, 2.75) is 69.3 Å². The van der Waals surface area contributed by atoms with Gasteiger partial charge in [0.15, 0.2) is 0 Å². The third-order valence-corrected chi connectivity index (χ3v) is 4.60. The van der Waals surface area contributed by atoms with Gasteiger partial charge in [-0.3, -0.25) is 0 Å². The maximum absolute atomic E-state index is 3.57. The Kier molecular flexibility index (Phi) is 7.54. The van der Waals surface area contributed by atoms with Crippen molar-refractivity contribution in [1.82, 2.24) is 5.32 Å². The van der Waals surface area contributed by atoms with E-state index in [0.29, 0.717) is 0 Å². The van der Waals surface area contributed by atoms with E-state index in [-0.39, 0.29) is 0 Å². The first-order valence-corrected chi connectivity index (χ1v) is 7.63. The molecule has 0 spiro atoms. The van der Waals surface area contributed by atoms with Gasteiger partial charge < -0.3 is 5.32 Å². The van der Waals surface area contributed by atoms with Crippen LogP contribution in [0.25, 0.3) is 0 Å². The van der Waals surface area contributed by atoms with Crippen molar-refractivity contribution in [2.24, 2.45) is 0 Å². The first-order valence-electron chi connectivity index (χ1n) is 6.69. The largest absolute Gasteiger partial charge is 0.316 e. The molecule has 1 unspecified atom stereocenters. The lowest BCUT2D eigenvalue weighted by atomic mass is 10.2. The van der Waals surface area contributed by atoms with Crippen molar-refractivity contribution < 1.29 is 0 Å². The molecule has 90 valence electrons. The Balaban J connectivity index is 1.91. The first kappa shape index (κ1) is 13.4. The smallest absolute Gasteiger partial charge is 0.0146 e. The van der Waals surface area contributed by atoms with Gasteiger partial charge in [0.05, 0.1) is 0 Å². The molecule has 15 heavy (non-hydrogen) atoms. The zero-order valence-electron chi connectivity index (χ0n) is 10.4. The predicted molar refractivity (Wildman–Crippen MR) is 71.7 cm³/mol. The Hall–Kier alpha value is 0.310. The topological polar surface area (TPSA) is 12.0 Å². The van der Waals surface area contributed by atoms with Crippen LogP contribution in [0.15, 0.2) is 0 Å². The maximum Gasteiger partial charge on any atom is 0.0146 e. The van der Waals surface area contributed by atoms with Gasteiger partial charge in [0, 0.05) is 17.0 Å². The Morgan fingerprint density at radius 1 is 1.27 bits per heavy atom. The second kappa shape index (κ2) is 8.46. The second-order valence-corrected chi connectivity index (χ2v) is 6.51. The minimum Gasteiger partial charge on any atom is -0.316 e. The number of unbranched alkanes of at least 4 members (excludes halogenated alkanes) is 2. The van der Waals surface area contributed by atoms with Crippen molar-refractivity contribution in [3.8, 4) is 0 Å². The minimum absolute atomic E-state index is 0.801. The molecule has 1 atom stereocenters. The van der Waals surface area contributed by atoms with E-state index in [1.165, 1.54) is 58.0 Å². The molecule has 1 nitrogen and oxygen atoms in total. The number of hydrogen-bond donors (Lipinski definition) is 1. The Morgan fingerprint density at radius 3 is 2.67 bits per heavy atom. The van der Waals surface area contributed by atoms with Crippen molar-refractivity contribution in [1.29, 1.82) is 0 Å². The number of nitrogens with one attached hydrogen (secondary N) is 1. The summed E-state index contributed by atoms with van der Waals surface area (Å²) in [5.41, 5.74) is 0. The molecule has 1 fully saturated rings. The van der Waals surface area contributed by atoms with E-state index in [9.17, 15) is 0 Å². The molecule has 0 amide bonds. The molecule has 0 aliphatic heterocycles. The van der Waals surface area contributed by atoms with Crippen LogP contribution in [0.1, 0.15) is 58.8 Å². The fraction of sp³-hybridized carbons (Fsp3) is 1.00. The third-order valence-electron chi connectivity index (χ3n) is 3.12. The molecule has 0 saturated heterocycles. The second-order valence-electron chi connectivity index (χ2n) is 4.76. The lowest BCUT2D eigenvalue weighted by molar-refractivity contribution is 0.615. The van der Waals surface area contributed by atoms with Crippen LogP contribution in [0, 0.1) is 0 Å². The van der Waals surface area contributed by atoms with E-state index in [0.717, 1.165) is 10.5 Å². The fourth-order valence-corrected chi connectivity index (χ4v) is 3.68. The molecule has 0 radical (unpaired) electrons. The van der Waals surface area contributed by atoms with Crippen LogP contribution in [-0.4, -0.2) is 23.6 Å². The summed E-state index contributed by atoms with van der Waals surface area (Å²) in [6.07, 6.45) is 9.90. The molecular weight excluding hydrogens is 202 g/mol. The summed E-state index contributed by atoms with van der Waals surface area (Å²) in [5.74, 6) is 0. The van der Waals surface area contributed by atoms with Gasteiger partial charge in [-0.05, 0) is 25.8 Å². The van der Waals surface area contributed by atoms with Crippen LogP contribution in [-0.2, 0) is 0 Å². The van der Waals surface area contributed by atoms with Crippen molar-refractivity contribution in [3.05, 3.63) is 0 Å². The number of rotatable bonds is 8. The molecule has 0 heterocycles.